The molecule has 0 atom stereocenters. The normalized spacial score (nSPS) is 10.3. The van der Waals surface area contributed by atoms with E-state index >= 15 is 0 Å². The van der Waals surface area contributed by atoms with E-state index in [1.165, 1.54) is 16.7 Å². The fourth-order valence-electron chi connectivity index (χ4n) is 2.00. The number of nitrogens with zero attached hydrogens (tertiary/aromatic N) is 3. The Hall–Kier alpha value is -2.55. The molecule has 0 spiro atoms. The molecule has 0 radical (unpaired) electrons. The minimum Gasteiger partial charge on any atom is -0.265 e. The summed E-state index contributed by atoms with van der Waals surface area (Å²) in [7, 11) is 0. The molecule has 0 aliphatic heterocycles. The molecule has 0 aliphatic rings. The van der Waals surface area contributed by atoms with Gasteiger partial charge in [-0.25, -0.2) is 4.57 Å². The highest BCUT2D eigenvalue weighted by Gasteiger charge is 2.03. The van der Waals surface area contributed by atoms with Crippen molar-refractivity contribution in [2.45, 2.75) is 6.54 Å². The van der Waals surface area contributed by atoms with Gasteiger partial charge in [0.25, 0.3) is 0 Å². The predicted molar refractivity (Wildman–Crippen MR) is 73.2 cm³/mol. The number of rotatable bonds is 3. The van der Waals surface area contributed by atoms with Gasteiger partial charge in [0.05, 0.1) is 0 Å². The number of hydrogen-bond donors (Lipinski definition) is 0. The summed E-state index contributed by atoms with van der Waals surface area (Å²) in [5.41, 5.74) is 3.58. The van der Waals surface area contributed by atoms with Gasteiger partial charge in [0.1, 0.15) is 0 Å². The number of hydrogen-bond acceptors (Lipinski definition) is 2. The van der Waals surface area contributed by atoms with Crippen LogP contribution in [0.3, 0.4) is 0 Å². The van der Waals surface area contributed by atoms with Crippen LogP contribution in [0.5, 0.6) is 0 Å². The second-order valence-electron chi connectivity index (χ2n) is 4.36. The maximum Gasteiger partial charge on any atom is 0.175 e. The molecule has 0 aliphatic carbocycles. The van der Waals surface area contributed by atoms with Crippen LogP contribution < -0.4 is 4.57 Å². The summed E-state index contributed by atoms with van der Waals surface area (Å²) >= 11 is 0. The molecule has 0 fully saturated rings. The van der Waals surface area contributed by atoms with Gasteiger partial charge in [-0.3, -0.25) is 9.97 Å². The third kappa shape index (κ3) is 2.83. The Bertz CT molecular complexity index is 634. The smallest absolute Gasteiger partial charge is 0.175 e. The summed E-state index contributed by atoms with van der Waals surface area (Å²) in [6, 6.07) is 12.3. The minimum absolute atomic E-state index is 0.838. The van der Waals surface area contributed by atoms with Crippen LogP contribution in [-0.2, 0) is 6.54 Å². The number of pyridine rings is 3. The van der Waals surface area contributed by atoms with Gasteiger partial charge < -0.3 is 0 Å². The summed E-state index contributed by atoms with van der Waals surface area (Å²) in [5.74, 6) is 0. The first-order valence-corrected chi connectivity index (χ1v) is 6.20. The van der Waals surface area contributed by atoms with E-state index in [9.17, 15) is 0 Å². The van der Waals surface area contributed by atoms with E-state index in [0.29, 0.717) is 0 Å². The van der Waals surface area contributed by atoms with Crippen LogP contribution in [0, 0.1) is 0 Å². The lowest BCUT2D eigenvalue weighted by atomic mass is 10.1. The Balaban J connectivity index is 1.80. The maximum absolute atomic E-state index is 4.13. The molecule has 0 bridgehead atoms. The Labute approximate surface area is 112 Å². The van der Waals surface area contributed by atoms with Gasteiger partial charge in [-0.05, 0) is 35.4 Å². The Kier molecular flexibility index (Phi) is 3.28. The van der Waals surface area contributed by atoms with Crippen molar-refractivity contribution in [1.82, 2.24) is 9.97 Å². The molecule has 0 amide bonds. The zero-order valence-corrected chi connectivity index (χ0v) is 10.5. The zero-order valence-electron chi connectivity index (χ0n) is 10.5. The number of aromatic nitrogens is 3. The maximum atomic E-state index is 4.13. The van der Waals surface area contributed by atoms with Gasteiger partial charge in [-0.1, -0.05) is 0 Å². The molecule has 92 valence electrons. The summed E-state index contributed by atoms with van der Waals surface area (Å²) in [6.45, 7) is 0.838. The SMILES string of the molecule is c1cncc(C[n+]2ccc(-c3ccncc3)cc2)c1. The van der Waals surface area contributed by atoms with Crippen LogP contribution in [0.15, 0.2) is 73.6 Å². The first kappa shape index (κ1) is 11.5. The van der Waals surface area contributed by atoms with Crippen LogP contribution >= 0.6 is 0 Å². The van der Waals surface area contributed by atoms with E-state index in [-0.39, 0.29) is 0 Å². The van der Waals surface area contributed by atoms with E-state index in [1.54, 1.807) is 6.20 Å². The average molecular weight is 248 g/mol. The Morgan fingerprint density at radius 1 is 0.789 bits per heavy atom. The summed E-state index contributed by atoms with van der Waals surface area (Å²) in [6.07, 6.45) is 11.5. The van der Waals surface area contributed by atoms with E-state index in [4.69, 9.17) is 0 Å². The van der Waals surface area contributed by atoms with Crippen molar-refractivity contribution in [2.75, 3.05) is 0 Å². The lowest BCUT2D eigenvalue weighted by Crippen LogP contribution is -2.33. The van der Waals surface area contributed by atoms with Crippen molar-refractivity contribution in [3.8, 4) is 11.1 Å². The van der Waals surface area contributed by atoms with E-state index in [2.05, 4.69) is 45.1 Å². The Morgan fingerprint density at radius 2 is 1.53 bits per heavy atom. The van der Waals surface area contributed by atoms with Gasteiger partial charge in [0, 0.05) is 42.5 Å². The largest absolute Gasteiger partial charge is 0.265 e. The van der Waals surface area contributed by atoms with E-state index < -0.39 is 0 Å². The molecule has 19 heavy (non-hydrogen) atoms. The first-order valence-electron chi connectivity index (χ1n) is 6.20. The van der Waals surface area contributed by atoms with Crippen molar-refractivity contribution < 1.29 is 4.57 Å². The topological polar surface area (TPSA) is 29.7 Å². The molecule has 0 unspecified atom stereocenters. The molecule has 0 aromatic carbocycles. The van der Waals surface area contributed by atoms with Gasteiger partial charge in [-0.15, -0.1) is 0 Å². The zero-order chi connectivity index (χ0) is 12.9. The molecule has 0 saturated carbocycles. The quantitative estimate of drug-likeness (QED) is 0.666. The highest BCUT2D eigenvalue weighted by molar-refractivity contribution is 5.61. The van der Waals surface area contributed by atoms with Crippen LogP contribution in [-0.4, -0.2) is 9.97 Å². The first-order chi connectivity index (χ1) is 9.42. The monoisotopic (exact) mass is 248 g/mol. The molecule has 3 heterocycles. The van der Waals surface area contributed by atoms with Gasteiger partial charge in [0.2, 0.25) is 0 Å². The van der Waals surface area contributed by atoms with Gasteiger partial charge >= 0.3 is 0 Å². The average Bonchev–Trinajstić information content (AvgIpc) is 2.50. The van der Waals surface area contributed by atoms with Crippen LogP contribution in [0.4, 0.5) is 0 Å². The predicted octanol–water partition coefficient (Wildman–Crippen LogP) is 2.48. The summed E-state index contributed by atoms with van der Waals surface area (Å²) in [5, 5.41) is 0. The lowest BCUT2D eigenvalue weighted by Gasteiger charge is -2.00. The summed E-state index contributed by atoms with van der Waals surface area (Å²) in [4.78, 5) is 8.16. The Morgan fingerprint density at radius 3 is 2.21 bits per heavy atom. The van der Waals surface area contributed by atoms with Crippen LogP contribution in [0.2, 0.25) is 0 Å². The molecule has 0 N–H and O–H groups in total. The fourth-order valence-corrected chi connectivity index (χ4v) is 2.00. The molecular formula is C16H14N3+. The second kappa shape index (κ2) is 5.40. The van der Waals surface area contributed by atoms with Crippen molar-refractivity contribution in [2.24, 2.45) is 0 Å². The molecule has 3 nitrogen and oxygen atoms in total. The lowest BCUT2D eigenvalue weighted by molar-refractivity contribution is -0.688. The molecule has 3 heteroatoms. The summed E-state index contributed by atoms with van der Waals surface area (Å²) < 4.78 is 2.14. The minimum atomic E-state index is 0.838. The van der Waals surface area contributed by atoms with Crippen molar-refractivity contribution >= 4 is 0 Å². The standard InChI is InChI=1S/C16H14N3/c1-2-14(12-18-7-1)13-19-10-5-16(6-11-19)15-3-8-17-9-4-15/h1-12H,13H2/q+1. The third-order valence-electron chi connectivity index (χ3n) is 2.99. The molecule has 3 aromatic heterocycles. The van der Waals surface area contributed by atoms with Crippen molar-refractivity contribution in [3.63, 3.8) is 0 Å². The third-order valence-corrected chi connectivity index (χ3v) is 2.99. The van der Waals surface area contributed by atoms with Gasteiger partial charge in [-0.2, -0.15) is 0 Å². The molecular weight excluding hydrogens is 234 g/mol. The van der Waals surface area contributed by atoms with E-state index in [0.717, 1.165) is 6.54 Å². The van der Waals surface area contributed by atoms with Crippen LogP contribution in [0.25, 0.3) is 11.1 Å². The molecule has 3 aromatic rings. The van der Waals surface area contributed by atoms with Crippen molar-refractivity contribution in [1.29, 1.82) is 0 Å². The highest BCUT2D eigenvalue weighted by Crippen LogP contribution is 2.15. The fraction of sp³-hybridized carbons (Fsp3) is 0.0625. The highest BCUT2D eigenvalue weighted by atomic mass is 14.9. The van der Waals surface area contributed by atoms with Crippen molar-refractivity contribution in [3.05, 3.63) is 79.1 Å². The van der Waals surface area contributed by atoms with E-state index in [1.807, 2.05) is 36.8 Å². The van der Waals surface area contributed by atoms with Crippen LogP contribution in [0.1, 0.15) is 5.56 Å². The molecule has 0 saturated heterocycles. The van der Waals surface area contributed by atoms with Gasteiger partial charge in [0.15, 0.2) is 18.9 Å². The molecule has 3 rings (SSSR count). The second-order valence-corrected chi connectivity index (χ2v) is 4.36.